The average Bonchev–Trinajstić information content (AvgIpc) is 2.08. The van der Waals surface area contributed by atoms with Gasteiger partial charge in [-0.1, -0.05) is 0 Å². The van der Waals surface area contributed by atoms with Crippen LogP contribution in [0.1, 0.15) is 20.8 Å². The van der Waals surface area contributed by atoms with Crippen LogP contribution >= 0.6 is 0 Å². The van der Waals surface area contributed by atoms with Crippen LogP contribution in [0.2, 0.25) is 0 Å². The van der Waals surface area contributed by atoms with Gasteiger partial charge in [0.2, 0.25) is 0 Å². The number of anilines is 1. The van der Waals surface area contributed by atoms with E-state index < -0.39 is 0 Å². The predicted molar refractivity (Wildman–Crippen MR) is 44.5 cm³/mol. The van der Waals surface area contributed by atoms with Crippen LogP contribution in [0.15, 0.2) is 10.9 Å². The van der Waals surface area contributed by atoms with Gasteiger partial charge in [-0.25, -0.2) is 0 Å². The molecule has 3 N–H and O–H groups in total. The molecule has 0 amide bonds. The van der Waals surface area contributed by atoms with E-state index >= 15 is 0 Å². The summed E-state index contributed by atoms with van der Waals surface area (Å²) >= 11 is 0. The van der Waals surface area contributed by atoms with Crippen LogP contribution in [0.3, 0.4) is 0 Å². The van der Waals surface area contributed by atoms with Crippen molar-refractivity contribution in [1.29, 1.82) is 0 Å². The zero-order valence-corrected chi connectivity index (χ0v) is 7.01. The molecule has 0 aromatic carbocycles. The number of H-pyrrole nitrogens is 1. The summed E-state index contributed by atoms with van der Waals surface area (Å²) in [5.74, 6) is 0.475. The Morgan fingerprint density at radius 2 is 2.09 bits per heavy atom. The van der Waals surface area contributed by atoms with Gasteiger partial charge in [0, 0.05) is 6.07 Å². The lowest BCUT2D eigenvalue weighted by Crippen LogP contribution is -2.25. The quantitative estimate of drug-likeness (QED) is 0.573. The molecule has 4 nitrogen and oxygen atoms in total. The molecule has 0 aliphatic heterocycles. The zero-order chi connectivity index (χ0) is 8.65. The van der Waals surface area contributed by atoms with Crippen molar-refractivity contribution in [3.63, 3.8) is 0 Å². The molecule has 0 saturated carbocycles. The van der Waals surface area contributed by atoms with E-state index in [1.165, 1.54) is 6.07 Å². The molecule has 1 heterocycles. The summed E-state index contributed by atoms with van der Waals surface area (Å²) in [6, 6.07) is 1.38. The average molecular weight is 155 g/mol. The first kappa shape index (κ1) is 7.91. The smallest absolute Gasteiger partial charge is 0.266 e. The number of hydrogen-bond donors (Lipinski definition) is 2. The number of rotatable bonds is 0. The summed E-state index contributed by atoms with van der Waals surface area (Å²) in [5.41, 5.74) is 5.24. The van der Waals surface area contributed by atoms with Crippen LogP contribution in [0, 0.1) is 0 Å². The first-order valence-corrected chi connectivity index (χ1v) is 3.49. The molecule has 0 aliphatic carbocycles. The minimum absolute atomic E-state index is 0.155. The third-order valence-electron chi connectivity index (χ3n) is 1.43. The maximum atomic E-state index is 10.8. The fourth-order valence-electron chi connectivity index (χ4n) is 0.961. The standard InChI is InChI=1S/C7H13N3O/c1-7(2,3)10-5(8)4-6(11)9-10/h4H,8H2,1-3H3,(H,9,11). The summed E-state index contributed by atoms with van der Waals surface area (Å²) in [6.45, 7) is 5.91. The Kier molecular flexibility index (Phi) is 1.55. The van der Waals surface area contributed by atoms with Gasteiger partial charge in [-0.2, -0.15) is 0 Å². The van der Waals surface area contributed by atoms with Crippen molar-refractivity contribution in [1.82, 2.24) is 9.78 Å². The van der Waals surface area contributed by atoms with Crippen molar-refractivity contribution in [3.8, 4) is 0 Å². The van der Waals surface area contributed by atoms with Gasteiger partial charge >= 0.3 is 0 Å². The summed E-state index contributed by atoms with van der Waals surface area (Å²) in [4.78, 5) is 10.8. The zero-order valence-electron chi connectivity index (χ0n) is 7.01. The molecule has 0 saturated heterocycles. The van der Waals surface area contributed by atoms with E-state index in [-0.39, 0.29) is 11.1 Å². The first-order valence-electron chi connectivity index (χ1n) is 3.49. The largest absolute Gasteiger partial charge is 0.384 e. The lowest BCUT2D eigenvalue weighted by molar-refractivity contribution is 0.359. The van der Waals surface area contributed by atoms with E-state index in [4.69, 9.17) is 5.73 Å². The molecular weight excluding hydrogens is 142 g/mol. The maximum Gasteiger partial charge on any atom is 0.266 e. The third kappa shape index (κ3) is 1.45. The van der Waals surface area contributed by atoms with Crippen LogP contribution in [-0.2, 0) is 5.54 Å². The summed E-state index contributed by atoms with van der Waals surface area (Å²) in [7, 11) is 0. The maximum absolute atomic E-state index is 10.8. The number of hydrogen-bond acceptors (Lipinski definition) is 2. The molecule has 0 fully saturated rings. The number of aromatic amines is 1. The molecular formula is C7H13N3O. The SMILES string of the molecule is CC(C)(C)n1[nH]c(=O)cc1N. The molecule has 4 heteroatoms. The molecule has 1 rings (SSSR count). The highest BCUT2D eigenvalue weighted by Crippen LogP contribution is 2.14. The van der Waals surface area contributed by atoms with E-state index in [0.29, 0.717) is 5.82 Å². The van der Waals surface area contributed by atoms with Gasteiger partial charge in [0.1, 0.15) is 5.82 Å². The Hall–Kier alpha value is -1.19. The summed E-state index contributed by atoms with van der Waals surface area (Å²) < 4.78 is 1.65. The van der Waals surface area contributed by atoms with Crippen molar-refractivity contribution < 1.29 is 0 Å². The second-order valence-electron chi connectivity index (χ2n) is 3.55. The topological polar surface area (TPSA) is 63.8 Å². The molecule has 62 valence electrons. The molecule has 1 aromatic rings. The Morgan fingerprint density at radius 3 is 2.27 bits per heavy atom. The lowest BCUT2D eigenvalue weighted by Gasteiger charge is -2.21. The van der Waals surface area contributed by atoms with Crippen molar-refractivity contribution in [2.45, 2.75) is 26.3 Å². The van der Waals surface area contributed by atoms with Gasteiger partial charge in [-0.05, 0) is 20.8 Å². The highest BCUT2D eigenvalue weighted by atomic mass is 16.1. The highest BCUT2D eigenvalue weighted by Gasteiger charge is 2.15. The normalized spacial score (nSPS) is 11.9. The fraction of sp³-hybridized carbons (Fsp3) is 0.571. The molecule has 11 heavy (non-hydrogen) atoms. The van der Waals surface area contributed by atoms with Gasteiger partial charge in [0.25, 0.3) is 5.56 Å². The van der Waals surface area contributed by atoms with E-state index in [2.05, 4.69) is 5.10 Å². The second kappa shape index (κ2) is 2.15. The number of nitrogens with zero attached hydrogens (tertiary/aromatic N) is 1. The Labute approximate surface area is 65.0 Å². The third-order valence-corrected chi connectivity index (χ3v) is 1.43. The van der Waals surface area contributed by atoms with Crippen molar-refractivity contribution in [3.05, 3.63) is 16.4 Å². The first-order chi connectivity index (χ1) is 4.91. The molecule has 0 bridgehead atoms. The molecule has 0 spiro atoms. The minimum Gasteiger partial charge on any atom is -0.384 e. The van der Waals surface area contributed by atoms with Crippen molar-refractivity contribution in [2.75, 3.05) is 5.73 Å². The van der Waals surface area contributed by atoms with Gasteiger partial charge in [-0.3, -0.25) is 14.6 Å². The number of nitrogen functional groups attached to an aromatic ring is 1. The molecule has 0 unspecified atom stereocenters. The predicted octanol–water partition coefficient (Wildman–Crippen LogP) is 0.514. The summed E-state index contributed by atoms with van der Waals surface area (Å²) in [6.07, 6.45) is 0. The Balaban J connectivity index is 3.24. The molecule has 1 aromatic heterocycles. The van der Waals surface area contributed by atoms with E-state index in [1.807, 2.05) is 20.8 Å². The number of nitrogens with one attached hydrogen (secondary N) is 1. The molecule has 0 radical (unpaired) electrons. The highest BCUT2D eigenvalue weighted by molar-refractivity contribution is 5.27. The van der Waals surface area contributed by atoms with Crippen LogP contribution in [0.25, 0.3) is 0 Å². The number of aromatic nitrogens is 2. The Bertz CT molecular complexity index is 302. The van der Waals surface area contributed by atoms with Gasteiger partial charge in [0.15, 0.2) is 0 Å². The van der Waals surface area contributed by atoms with Gasteiger partial charge in [0.05, 0.1) is 5.54 Å². The number of nitrogens with two attached hydrogens (primary N) is 1. The van der Waals surface area contributed by atoms with Crippen molar-refractivity contribution >= 4 is 5.82 Å². The second-order valence-corrected chi connectivity index (χ2v) is 3.55. The van der Waals surface area contributed by atoms with Crippen molar-refractivity contribution in [2.24, 2.45) is 0 Å². The van der Waals surface area contributed by atoms with E-state index in [1.54, 1.807) is 4.68 Å². The van der Waals surface area contributed by atoms with Gasteiger partial charge < -0.3 is 5.73 Å². The van der Waals surface area contributed by atoms with Gasteiger partial charge in [-0.15, -0.1) is 0 Å². The molecule has 0 aliphatic rings. The van der Waals surface area contributed by atoms with Crippen LogP contribution in [-0.4, -0.2) is 9.78 Å². The van der Waals surface area contributed by atoms with Crippen LogP contribution < -0.4 is 11.3 Å². The monoisotopic (exact) mass is 155 g/mol. The molecule has 0 atom stereocenters. The lowest BCUT2D eigenvalue weighted by atomic mass is 10.1. The van der Waals surface area contributed by atoms with Crippen LogP contribution in [0.4, 0.5) is 5.82 Å². The van der Waals surface area contributed by atoms with E-state index in [9.17, 15) is 4.79 Å². The van der Waals surface area contributed by atoms with Crippen LogP contribution in [0.5, 0.6) is 0 Å². The summed E-state index contributed by atoms with van der Waals surface area (Å²) in [5, 5.41) is 2.62. The Morgan fingerprint density at radius 1 is 1.55 bits per heavy atom. The van der Waals surface area contributed by atoms with E-state index in [0.717, 1.165) is 0 Å². The minimum atomic E-state index is -0.160. The fourth-order valence-corrected chi connectivity index (χ4v) is 0.961.